The van der Waals surface area contributed by atoms with Crippen LogP contribution in [0.2, 0.25) is 0 Å². The minimum Gasteiger partial charge on any atom is -0.396 e. The van der Waals surface area contributed by atoms with E-state index in [1.54, 1.807) is 0 Å². The first-order chi connectivity index (χ1) is 6.57. The number of aliphatic hydroxyl groups excluding tert-OH is 1. The molecular weight excluding hydrogens is 174 g/mol. The van der Waals surface area contributed by atoms with Crippen LogP contribution in [-0.4, -0.2) is 36.2 Å². The highest BCUT2D eigenvalue weighted by Gasteiger charge is 2.24. The standard InChI is InChI=1S/C12H25NO/c1-4-11-5-7-13(8-6-11)9-12(2,3)10-14/h11,14H,4-10H2,1-3H3. The molecule has 1 heterocycles. The molecule has 1 rings (SSSR count). The Morgan fingerprint density at radius 1 is 1.29 bits per heavy atom. The van der Waals surface area contributed by atoms with Crippen LogP contribution in [0.1, 0.15) is 40.0 Å². The Balaban J connectivity index is 2.28. The third-order valence-electron chi connectivity index (χ3n) is 3.36. The van der Waals surface area contributed by atoms with Crippen molar-refractivity contribution in [2.24, 2.45) is 11.3 Å². The second-order valence-electron chi connectivity index (χ2n) is 5.45. The largest absolute Gasteiger partial charge is 0.396 e. The van der Waals surface area contributed by atoms with Gasteiger partial charge in [-0.1, -0.05) is 27.2 Å². The quantitative estimate of drug-likeness (QED) is 0.749. The van der Waals surface area contributed by atoms with E-state index in [0.29, 0.717) is 6.61 Å². The van der Waals surface area contributed by atoms with Gasteiger partial charge in [-0.25, -0.2) is 0 Å². The van der Waals surface area contributed by atoms with E-state index >= 15 is 0 Å². The minimum absolute atomic E-state index is 0.0685. The molecule has 2 heteroatoms. The van der Waals surface area contributed by atoms with Crippen molar-refractivity contribution in [3.05, 3.63) is 0 Å². The molecule has 14 heavy (non-hydrogen) atoms. The van der Waals surface area contributed by atoms with Crippen molar-refractivity contribution in [1.82, 2.24) is 4.90 Å². The molecule has 0 aromatic carbocycles. The average Bonchev–Trinajstić information content (AvgIpc) is 2.19. The molecule has 0 radical (unpaired) electrons. The van der Waals surface area contributed by atoms with Gasteiger partial charge >= 0.3 is 0 Å². The van der Waals surface area contributed by atoms with Gasteiger partial charge in [0.25, 0.3) is 0 Å². The fraction of sp³-hybridized carbons (Fsp3) is 1.00. The zero-order valence-corrected chi connectivity index (χ0v) is 9.92. The predicted molar refractivity (Wildman–Crippen MR) is 60.3 cm³/mol. The molecule has 1 N–H and O–H groups in total. The lowest BCUT2D eigenvalue weighted by atomic mass is 9.90. The molecular formula is C12H25NO. The van der Waals surface area contributed by atoms with Crippen LogP contribution in [0.4, 0.5) is 0 Å². The summed E-state index contributed by atoms with van der Waals surface area (Å²) in [5.41, 5.74) is 0.0685. The molecule has 0 aliphatic carbocycles. The second-order valence-corrected chi connectivity index (χ2v) is 5.45. The zero-order chi connectivity index (χ0) is 10.6. The van der Waals surface area contributed by atoms with E-state index in [4.69, 9.17) is 0 Å². The summed E-state index contributed by atoms with van der Waals surface area (Å²) in [7, 11) is 0. The Morgan fingerprint density at radius 3 is 2.29 bits per heavy atom. The first-order valence-corrected chi connectivity index (χ1v) is 5.90. The molecule has 1 fully saturated rings. The predicted octanol–water partition coefficient (Wildman–Crippen LogP) is 2.13. The van der Waals surface area contributed by atoms with Gasteiger partial charge < -0.3 is 10.0 Å². The van der Waals surface area contributed by atoms with E-state index in [2.05, 4.69) is 25.7 Å². The molecule has 0 saturated carbocycles. The fourth-order valence-electron chi connectivity index (χ4n) is 2.21. The van der Waals surface area contributed by atoms with Gasteiger partial charge in [0.15, 0.2) is 0 Å². The van der Waals surface area contributed by atoms with Crippen molar-refractivity contribution in [3.63, 3.8) is 0 Å². The smallest absolute Gasteiger partial charge is 0.0494 e. The van der Waals surface area contributed by atoms with Gasteiger partial charge in [-0.2, -0.15) is 0 Å². The van der Waals surface area contributed by atoms with Crippen molar-refractivity contribution < 1.29 is 5.11 Å². The summed E-state index contributed by atoms with van der Waals surface area (Å²) in [5, 5.41) is 9.20. The Labute approximate surface area is 88.3 Å². The molecule has 0 aromatic rings. The first-order valence-electron chi connectivity index (χ1n) is 5.90. The van der Waals surface area contributed by atoms with Crippen LogP contribution in [0, 0.1) is 11.3 Å². The topological polar surface area (TPSA) is 23.5 Å². The summed E-state index contributed by atoms with van der Waals surface area (Å²) < 4.78 is 0. The maximum Gasteiger partial charge on any atom is 0.0494 e. The Morgan fingerprint density at radius 2 is 1.86 bits per heavy atom. The van der Waals surface area contributed by atoms with E-state index in [9.17, 15) is 5.11 Å². The molecule has 0 atom stereocenters. The van der Waals surface area contributed by atoms with Gasteiger partial charge in [-0.3, -0.25) is 0 Å². The van der Waals surface area contributed by atoms with Crippen molar-refractivity contribution >= 4 is 0 Å². The van der Waals surface area contributed by atoms with Crippen molar-refractivity contribution in [3.8, 4) is 0 Å². The molecule has 84 valence electrons. The molecule has 0 amide bonds. The summed E-state index contributed by atoms with van der Waals surface area (Å²) in [6, 6.07) is 0. The summed E-state index contributed by atoms with van der Waals surface area (Å²) in [6.45, 7) is 10.3. The van der Waals surface area contributed by atoms with Crippen LogP contribution in [0.25, 0.3) is 0 Å². The third kappa shape index (κ3) is 3.58. The minimum atomic E-state index is 0.0685. The molecule has 0 bridgehead atoms. The number of likely N-dealkylation sites (tertiary alicyclic amines) is 1. The fourth-order valence-corrected chi connectivity index (χ4v) is 2.21. The highest BCUT2D eigenvalue weighted by Crippen LogP contribution is 2.23. The molecule has 2 nitrogen and oxygen atoms in total. The van der Waals surface area contributed by atoms with E-state index < -0.39 is 0 Å². The van der Waals surface area contributed by atoms with Crippen LogP contribution in [-0.2, 0) is 0 Å². The highest BCUT2D eigenvalue weighted by molar-refractivity contribution is 4.77. The van der Waals surface area contributed by atoms with Crippen LogP contribution in [0.3, 0.4) is 0 Å². The third-order valence-corrected chi connectivity index (χ3v) is 3.36. The molecule has 1 saturated heterocycles. The summed E-state index contributed by atoms with van der Waals surface area (Å²) in [4.78, 5) is 2.50. The summed E-state index contributed by atoms with van der Waals surface area (Å²) in [6.07, 6.45) is 4.02. The first kappa shape index (κ1) is 12.0. The van der Waals surface area contributed by atoms with Crippen LogP contribution in [0.5, 0.6) is 0 Å². The van der Waals surface area contributed by atoms with Gasteiger partial charge in [0, 0.05) is 18.6 Å². The van der Waals surface area contributed by atoms with Crippen LogP contribution < -0.4 is 0 Å². The normalized spacial score (nSPS) is 21.4. The maximum atomic E-state index is 9.20. The van der Waals surface area contributed by atoms with Gasteiger partial charge in [0.1, 0.15) is 0 Å². The van der Waals surface area contributed by atoms with E-state index in [1.165, 1.54) is 32.4 Å². The Kier molecular flexibility index (Phi) is 4.39. The van der Waals surface area contributed by atoms with Gasteiger partial charge in [0.2, 0.25) is 0 Å². The van der Waals surface area contributed by atoms with Crippen molar-refractivity contribution in [2.45, 2.75) is 40.0 Å². The lowest BCUT2D eigenvalue weighted by Gasteiger charge is -2.36. The van der Waals surface area contributed by atoms with Crippen molar-refractivity contribution in [2.75, 3.05) is 26.2 Å². The Hall–Kier alpha value is -0.0800. The molecule has 0 aromatic heterocycles. The van der Waals surface area contributed by atoms with E-state index in [1.807, 2.05) is 0 Å². The maximum absolute atomic E-state index is 9.20. The van der Waals surface area contributed by atoms with Crippen LogP contribution >= 0.6 is 0 Å². The monoisotopic (exact) mass is 199 g/mol. The highest BCUT2D eigenvalue weighted by atomic mass is 16.3. The average molecular weight is 199 g/mol. The molecule has 1 aliphatic heterocycles. The number of hydrogen-bond acceptors (Lipinski definition) is 2. The summed E-state index contributed by atoms with van der Waals surface area (Å²) in [5.74, 6) is 0.948. The second kappa shape index (κ2) is 5.13. The molecule has 0 spiro atoms. The number of piperidine rings is 1. The lowest BCUT2D eigenvalue weighted by molar-refractivity contribution is 0.0809. The van der Waals surface area contributed by atoms with Gasteiger partial charge in [-0.05, 0) is 31.8 Å². The van der Waals surface area contributed by atoms with Crippen molar-refractivity contribution in [1.29, 1.82) is 0 Å². The lowest BCUT2D eigenvalue weighted by Crippen LogP contribution is -2.41. The Bertz CT molecular complexity index is 160. The SMILES string of the molecule is CCC1CCN(CC(C)(C)CO)CC1. The summed E-state index contributed by atoms with van der Waals surface area (Å²) >= 11 is 0. The van der Waals surface area contributed by atoms with Crippen LogP contribution in [0.15, 0.2) is 0 Å². The number of nitrogens with zero attached hydrogens (tertiary/aromatic N) is 1. The zero-order valence-electron chi connectivity index (χ0n) is 9.92. The molecule has 1 aliphatic rings. The molecule has 0 unspecified atom stereocenters. The van der Waals surface area contributed by atoms with E-state index in [0.717, 1.165) is 12.5 Å². The number of aliphatic hydroxyl groups is 1. The van der Waals surface area contributed by atoms with Gasteiger partial charge in [-0.15, -0.1) is 0 Å². The van der Waals surface area contributed by atoms with Gasteiger partial charge in [0.05, 0.1) is 0 Å². The van der Waals surface area contributed by atoms with E-state index in [-0.39, 0.29) is 5.41 Å². The number of rotatable bonds is 4. The number of hydrogen-bond donors (Lipinski definition) is 1.